The molecule has 1 unspecified atom stereocenters. The molecule has 1 heterocycles. The highest BCUT2D eigenvalue weighted by Crippen LogP contribution is 2.39. The summed E-state index contributed by atoms with van der Waals surface area (Å²) in [5.41, 5.74) is -1.48. The van der Waals surface area contributed by atoms with E-state index in [2.05, 4.69) is 44.2 Å². The Morgan fingerprint density at radius 3 is 2.70 bits per heavy atom. The highest BCUT2D eigenvalue weighted by molar-refractivity contribution is 6.74. The molecule has 0 bridgehead atoms. The van der Waals surface area contributed by atoms with E-state index in [1.165, 1.54) is 24.4 Å². The van der Waals surface area contributed by atoms with Gasteiger partial charge in [0.1, 0.15) is 11.5 Å². The number of benzene rings is 1. The van der Waals surface area contributed by atoms with Crippen LogP contribution in [-0.4, -0.2) is 25.0 Å². The number of fused-ring (bicyclic) bond motifs is 1. The number of amides is 1. The molecule has 1 atom stereocenters. The summed E-state index contributed by atoms with van der Waals surface area (Å²) in [6.07, 6.45) is 1.01. The van der Waals surface area contributed by atoms with E-state index in [1.807, 2.05) is 0 Å². The van der Waals surface area contributed by atoms with E-state index in [1.54, 1.807) is 0 Å². The molecule has 1 aromatic carbocycles. The Labute approximate surface area is 199 Å². The Bertz CT molecular complexity index is 1090. The lowest BCUT2D eigenvalue weighted by molar-refractivity contribution is -0.134. The van der Waals surface area contributed by atoms with Gasteiger partial charge in [-0.3, -0.25) is 14.6 Å². The number of alkyl halides is 1. The second kappa shape index (κ2) is 9.23. The molecule has 1 N–H and O–H groups in total. The van der Waals surface area contributed by atoms with Gasteiger partial charge in [0.2, 0.25) is 5.67 Å². The average Bonchev–Trinajstić information content (AvgIpc) is 2.73. The second-order valence-corrected chi connectivity index (χ2v) is 15.1. The van der Waals surface area contributed by atoms with Crippen molar-refractivity contribution < 1.29 is 22.8 Å². The first-order valence-corrected chi connectivity index (χ1v) is 14.1. The molecule has 1 aliphatic carbocycles. The van der Waals surface area contributed by atoms with Gasteiger partial charge in [0.25, 0.3) is 5.91 Å². The standard InChI is InChI=1S/C24H29ClF2N2O3Si/c1-23(2,3)33(4,5)32-14-15-11-16(26)12-19(25)17(15)13-29-22(31)24(27)9-8-20(30)21-18(24)7-6-10-28-21/h6-7,10-12H,8-9,13-14H2,1-5H3,(H,29,31). The van der Waals surface area contributed by atoms with Gasteiger partial charge in [0.05, 0.1) is 6.61 Å². The topological polar surface area (TPSA) is 68.3 Å². The molecule has 0 radical (unpaired) electrons. The van der Waals surface area contributed by atoms with Crippen molar-refractivity contribution in [1.29, 1.82) is 0 Å². The number of carbonyl (C=O) groups excluding carboxylic acids is 2. The van der Waals surface area contributed by atoms with Crippen LogP contribution in [0.3, 0.4) is 0 Å². The third kappa shape index (κ3) is 5.18. The van der Waals surface area contributed by atoms with Crippen molar-refractivity contribution in [2.45, 2.75) is 70.6 Å². The molecule has 9 heteroatoms. The van der Waals surface area contributed by atoms with Gasteiger partial charge in [-0.1, -0.05) is 38.4 Å². The normalized spacial score (nSPS) is 18.7. The van der Waals surface area contributed by atoms with Crippen molar-refractivity contribution in [2.75, 3.05) is 0 Å². The van der Waals surface area contributed by atoms with E-state index in [-0.39, 0.29) is 53.1 Å². The molecule has 3 rings (SSSR count). The van der Waals surface area contributed by atoms with Crippen molar-refractivity contribution in [3.05, 3.63) is 63.7 Å². The number of hydrogen-bond acceptors (Lipinski definition) is 4. The molecule has 5 nitrogen and oxygen atoms in total. The fourth-order valence-electron chi connectivity index (χ4n) is 3.49. The van der Waals surface area contributed by atoms with Gasteiger partial charge in [-0.25, -0.2) is 8.78 Å². The average molecular weight is 495 g/mol. The van der Waals surface area contributed by atoms with E-state index in [0.29, 0.717) is 11.1 Å². The highest BCUT2D eigenvalue weighted by atomic mass is 35.5. The van der Waals surface area contributed by atoms with E-state index >= 15 is 4.39 Å². The van der Waals surface area contributed by atoms with Crippen LogP contribution in [0.1, 0.15) is 60.8 Å². The molecule has 1 amide bonds. The number of nitrogens with zero attached hydrogens (tertiary/aromatic N) is 1. The number of Topliss-reactive ketones (excluding diaryl/α,β-unsaturated/α-hetero) is 1. The van der Waals surface area contributed by atoms with Crippen molar-refractivity contribution in [3.8, 4) is 0 Å². The molecule has 0 fully saturated rings. The molecule has 0 saturated heterocycles. The zero-order chi connectivity index (χ0) is 24.6. The molecule has 178 valence electrons. The van der Waals surface area contributed by atoms with Crippen molar-refractivity contribution >= 4 is 31.6 Å². The highest BCUT2D eigenvalue weighted by Gasteiger charge is 2.46. The molecule has 0 saturated carbocycles. The summed E-state index contributed by atoms with van der Waals surface area (Å²) in [5, 5.41) is 2.67. The number of rotatable bonds is 6. The number of halogens is 3. The molecular weight excluding hydrogens is 466 g/mol. The van der Waals surface area contributed by atoms with Crippen LogP contribution in [0.2, 0.25) is 23.2 Å². The van der Waals surface area contributed by atoms with Gasteiger partial charge in [-0.2, -0.15) is 0 Å². The predicted molar refractivity (Wildman–Crippen MR) is 126 cm³/mol. The largest absolute Gasteiger partial charge is 0.413 e. The van der Waals surface area contributed by atoms with E-state index in [4.69, 9.17) is 16.0 Å². The number of ketones is 1. The fraction of sp³-hybridized carbons (Fsp3) is 0.458. The molecule has 33 heavy (non-hydrogen) atoms. The minimum absolute atomic E-state index is 0.0235. The van der Waals surface area contributed by atoms with Gasteiger partial charge in [0.15, 0.2) is 14.1 Å². The first-order valence-electron chi connectivity index (χ1n) is 10.8. The zero-order valence-electron chi connectivity index (χ0n) is 19.5. The van der Waals surface area contributed by atoms with Crippen LogP contribution in [0.15, 0.2) is 30.5 Å². The van der Waals surface area contributed by atoms with Gasteiger partial charge < -0.3 is 9.74 Å². The summed E-state index contributed by atoms with van der Waals surface area (Å²) in [6, 6.07) is 5.38. The number of pyridine rings is 1. The van der Waals surface area contributed by atoms with Crippen LogP contribution < -0.4 is 5.32 Å². The van der Waals surface area contributed by atoms with Crippen LogP contribution in [-0.2, 0) is 28.0 Å². The number of hydrogen-bond donors (Lipinski definition) is 1. The second-order valence-electron chi connectivity index (χ2n) is 9.88. The summed E-state index contributed by atoms with van der Waals surface area (Å²) < 4.78 is 36.1. The minimum Gasteiger partial charge on any atom is -0.413 e. The number of carbonyl (C=O) groups is 2. The minimum atomic E-state index is -2.39. The van der Waals surface area contributed by atoms with Crippen molar-refractivity contribution in [1.82, 2.24) is 10.3 Å². The molecule has 2 aromatic rings. The maximum atomic E-state index is 15.8. The number of nitrogens with one attached hydrogen (secondary N) is 1. The molecule has 0 spiro atoms. The zero-order valence-corrected chi connectivity index (χ0v) is 21.3. The lowest BCUT2D eigenvalue weighted by Gasteiger charge is -2.36. The SMILES string of the molecule is CC(C)(C)[Si](C)(C)OCc1cc(F)cc(Cl)c1CNC(=O)C1(F)CCC(=O)c2ncccc21. The Morgan fingerprint density at radius 2 is 2.03 bits per heavy atom. The lowest BCUT2D eigenvalue weighted by atomic mass is 9.81. The van der Waals surface area contributed by atoms with Crippen molar-refractivity contribution in [3.63, 3.8) is 0 Å². The van der Waals surface area contributed by atoms with Crippen LogP contribution in [0.4, 0.5) is 8.78 Å². The maximum absolute atomic E-state index is 15.8. The van der Waals surface area contributed by atoms with Gasteiger partial charge in [-0.15, -0.1) is 0 Å². The fourth-order valence-corrected chi connectivity index (χ4v) is 4.73. The van der Waals surface area contributed by atoms with Gasteiger partial charge >= 0.3 is 0 Å². The Hall–Kier alpha value is -2.16. The van der Waals surface area contributed by atoms with E-state index < -0.39 is 25.7 Å². The Balaban J connectivity index is 1.82. The van der Waals surface area contributed by atoms with Crippen molar-refractivity contribution in [2.24, 2.45) is 0 Å². The molecule has 1 aromatic heterocycles. The molecular formula is C24H29ClF2N2O3Si. The van der Waals surface area contributed by atoms with E-state index in [9.17, 15) is 14.0 Å². The smallest absolute Gasteiger partial charge is 0.262 e. The predicted octanol–water partition coefficient (Wildman–Crippen LogP) is 5.85. The lowest BCUT2D eigenvalue weighted by Crippen LogP contribution is -2.44. The van der Waals surface area contributed by atoms with Gasteiger partial charge in [-0.05, 0) is 47.5 Å². The molecule has 0 aliphatic heterocycles. The monoisotopic (exact) mass is 494 g/mol. The van der Waals surface area contributed by atoms with Crippen LogP contribution in [0.25, 0.3) is 0 Å². The summed E-state index contributed by atoms with van der Waals surface area (Å²) >= 11 is 6.29. The quantitative estimate of drug-likeness (QED) is 0.511. The van der Waals surface area contributed by atoms with Crippen LogP contribution in [0, 0.1) is 5.82 Å². The summed E-state index contributed by atoms with van der Waals surface area (Å²) in [4.78, 5) is 29.0. The van der Waals surface area contributed by atoms with Crippen LogP contribution >= 0.6 is 11.6 Å². The summed E-state index contributed by atoms with van der Waals surface area (Å²) in [5.74, 6) is -1.70. The molecule has 1 aliphatic rings. The van der Waals surface area contributed by atoms with Crippen LogP contribution in [0.5, 0.6) is 0 Å². The third-order valence-electron chi connectivity index (χ3n) is 6.63. The first-order chi connectivity index (χ1) is 15.3. The number of aromatic nitrogens is 1. The Kier molecular flexibility index (Phi) is 7.12. The van der Waals surface area contributed by atoms with E-state index in [0.717, 1.165) is 6.07 Å². The third-order valence-corrected chi connectivity index (χ3v) is 11.4. The first kappa shape index (κ1) is 25.5. The summed E-state index contributed by atoms with van der Waals surface area (Å²) in [6.45, 7) is 10.5. The van der Waals surface area contributed by atoms with Gasteiger partial charge in [0, 0.05) is 36.2 Å². The maximum Gasteiger partial charge on any atom is 0.262 e. The Morgan fingerprint density at radius 1 is 1.33 bits per heavy atom. The summed E-state index contributed by atoms with van der Waals surface area (Å²) in [7, 11) is -2.13.